The summed E-state index contributed by atoms with van der Waals surface area (Å²) in [5, 5.41) is 8.90. The Hall–Kier alpha value is -1.26. The van der Waals surface area contributed by atoms with Gasteiger partial charge in [0.1, 0.15) is 6.54 Å². The standard InChI is InChI=1S/C13H24N2O3/c1-3-7-14(8-4-2)13(18)15(10-12(16)17)9-11-5-6-11/h11H,3-10H2,1-2H3,(H,16,17). The molecule has 1 rings (SSSR count). The molecule has 5 heteroatoms. The third kappa shape index (κ3) is 4.94. The molecule has 1 aliphatic carbocycles. The molecule has 104 valence electrons. The Morgan fingerprint density at radius 2 is 1.67 bits per heavy atom. The SMILES string of the molecule is CCCN(CCC)C(=O)N(CC(=O)O)CC1CC1. The van der Waals surface area contributed by atoms with Gasteiger partial charge in [-0.2, -0.15) is 0 Å². The van der Waals surface area contributed by atoms with Gasteiger partial charge in [-0.1, -0.05) is 13.8 Å². The van der Waals surface area contributed by atoms with Crippen LogP contribution in [0, 0.1) is 5.92 Å². The zero-order valence-corrected chi connectivity index (χ0v) is 11.4. The van der Waals surface area contributed by atoms with Crippen LogP contribution in [-0.2, 0) is 4.79 Å². The molecule has 1 aliphatic rings. The minimum Gasteiger partial charge on any atom is -0.480 e. The van der Waals surface area contributed by atoms with Gasteiger partial charge in [0.2, 0.25) is 0 Å². The fourth-order valence-electron chi connectivity index (χ4n) is 2.03. The molecule has 1 saturated carbocycles. The fourth-order valence-corrected chi connectivity index (χ4v) is 2.03. The summed E-state index contributed by atoms with van der Waals surface area (Å²) < 4.78 is 0. The quantitative estimate of drug-likeness (QED) is 0.722. The van der Waals surface area contributed by atoms with Gasteiger partial charge in [0.15, 0.2) is 0 Å². The van der Waals surface area contributed by atoms with Crippen molar-refractivity contribution in [1.29, 1.82) is 0 Å². The highest BCUT2D eigenvalue weighted by molar-refractivity contribution is 5.80. The van der Waals surface area contributed by atoms with E-state index in [4.69, 9.17) is 5.11 Å². The van der Waals surface area contributed by atoms with Crippen molar-refractivity contribution in [2.45, 2.75) is 39.5 Å². The van der Waals surface area contributed by atoms with Crippen molar-refractivity contribution in [3.8, 4) is 0 Å². The van der Waals surface area contributed by atoms with E-state index in [1.165, 1.54) is 4.90 Å². The number of nitrogens with zero attached hydrogens (tertiary/aromatic N) is 2. The second kappa shape index (κ2) is 7.24. The van der Waals surface area contributed by atoms with Crippen molar-refractivity contribution in [2.75, 3.05) is 26.2 Å². The number of urea groups is 1. The Morgan fingerprint density at radius 3 is 2.06 bits per heavy atom. The Kier molecular flexibility index (Phi) is 5.95. The van der Waals surface area contributed by atoms with E-state index in [2.05, 4.69) is 0 Å². The van der Waals surface area contributed by atoms with E-state index in [1.54, 1.807) is 4.90 Å². The zero-order chi connectivity index (χ0) is 13.5. The number of amides is 2. The number of carbonyl (C=O) groups excluding carboxylic acids is 1. The molecular formula is C13H24N2O3. The Bertz CT molecular complexity index is 284. The van der Waals surface area contributed by atoms with Crippen molar-refractivity contribution < 1.29 is 14.7 Å². The zero-order valence-electron chi connectivity index (χ0n) is 11.4. The monoisotopic (exact) mass is 256 g/mol. The van der Waals surface area contributed by atoms with Crippen LogP contribution in [0.1, 0.15) is 39.5 Å². The van der Waals surface area contributed by atoms with Crippen molar-refractivity contribution in [1.82, 2.24) is 9.80 Å². The molecule has 0 aliphatic heterocycles. The molecular weight excluding hydrogens is 232 g/mol. The fraction of sp³-hybridized carbons (Fsp3) is 0.846. The molecule has 1 N–H and O–H groups in total. The minimum absolute atomic E-state index is 0.118. The van der Waals surface area contributed by atoms with Crippen molar-refractivity contribution in [3.05, 3.63) is 0 Å². The van der Waals surface area contributed by atoms with Crippen LogP contribution >= 0.6 is 0 Å². The van der Waals surface area contributed by atoms with Crippen LogP contribution in [0.15, 0.2) is 0 Å². The third-order valence-corrected chi connectivity index (χ3v) is 3.03. The molecule has 0 heterocycles. The lowest BCUT2D eigenvalue weighted by Gasteiger charge is -2.29. The van der Waals surface area contributed by atoms with Crippen molar-refractivity contribution in [3.63, 3.8) is 0 Å². The lowest BCUT2D eigenvalue weighted by molar-refractivity contribution is -0.137. The van der Waals surface area contributed by atoms with Crippen LogP contribution in [0.4, 0.5) is 4.79 Å². The van der Waals surface area contributed by atoms with E-state index in [1.807, 2.05) is 13.8 Å². The third-order valence-electron chi connectivity index (χ3n) is 3.03. The summed E-state index contributed by atoms with van der Waals surface area (Å²) in [5.41, 5.74) is 0. The second-order valence-electron chi connectivity index (χ2n) is 4.99. The van der Waals surface area contributed by atoms with Crippen molar-refractivity contribution >= 4 is 12.0 Å². The highest BCUT2D eigenvalue weighted by Gasteiger charge is 2.29. The average Bonchev–Trinajstić information content (AvgIpc) is 3.10. The number of carboxylic acids is 1. The van der Waals surface area contributed by atoms with E-state index in [0.717, 1.165) is 25.7 Å². The molecule has 0 atom stereocenters. The van der Waals surface area contributed by atoms with Crippen LogP contribution in [-0.4, -0.2) is 53.1 Å². The van der Waals surface area contributed by atoms with Gasteiger partial charge in [0.25, 0.3) is 0 Å². The van der Waals surface area contributed by atoms with Crippen LogP contribution in [0.2, 0.25) is 0 Å². The van der Waals surface area contributed by atoms with Gasteiger partial charge in [-0.15, -0.1) is 0 Å². The summed E-state index contributed by atoms with van der Waals surface area (Å²) in [5.74, 6) is -0.421. The molecule has 0 aromatic carbocycles. The van der Waals surface area contributed by atoms with Gasteiger partial charge in [-0.25, -0.2) is 4.79 Å². The molecule has 2 amide bonds. The van der Waals surface area contributed by atoms with Gasteiger partial charge >= 0.3 is 12.0 Å². The molecule has 0 aromatic rings. The smallest absolute Gasteiger partial charge is 0.323 e. The van der Waals surface area contributed by atoms with Gasteiger partial charge in [-0.05, 0) is 31.6 Å². The second-order valence-corrected chi connectivity index (χ2v) is 4.99. The molecule has 18 heavy (non-hydrogen) atoms. The topological polar surface area (TPSA) is 60.9 Å². The molecule has 0 aromatic heterocycles. The highest BCUT2D eigenvalue weighted by atomic mass is 16.4. The van der Waals surface area contributed by atoms with Crippen LogP contribution in [0.25, 0.3) is 0 Å². The number of aliphatic carboxylic acids is 1. The maximum atomic E-state index is 12.3. The lowest BCUT2D eigenvalue weighted by Crippen LogP contribution is -2.46. The van der Waals surface area contributed by atoms with Gasteiger partial charge in [-0.3, -0.25) is 4.79 Å². The number of carbonyl (C=O) groups is 2. The van der Waals surface area contributed by atoms with E-state index in [-0.39, 0.29) is 12.6 Å². The summed E-state index contributed by atoms with van der Waals surface area (Å²) in [6, 6.07) is -0.118. The Morgan fingerprint density at radius 1 is 1.11 bits per heavy atom. The van der Waals surface area contributed by atoms with Crippen LogP contribution < -0.4 is 0 Å². The summed E-state index contributed by atoms with van der Waals surface area (Å²) in [4.78, 5) is 26.4. The normalized spacial score (nSPS) is 14.3. The molecule has 0 unspecified atom stereocenters. The molecule has 0 radical (unpaired) electrons. The first-order valence-electron chi connectivity index (χ1n) is 6.84. The van der Waals surface area contributed by atoms with Gasteiger partial charge in [0, 0.05) is 19.6 Å². The molecule has 5 nitrogen and oxygen atoms in total. The molecule has 0 bridgehead atoms. The predicted molar refractivity (Wildman–Crippen MR) is 69.5 cm³/mol. The number of carboxylic acid groups (broad SMARTS) is 1. The number of rotatable bonds is 8. The maximum Gasteiger partial charge on any atom is 0.323 e. The first kappa shape index (κ1) is 14.8. The predicted octanol–water partition coefficient (Wildman–Crippen LogP) is 2.02. The lowest BCUT2D eigenvalue weighted by atomic mass is 10.3. The number of hydrogen-bond acceptors (Lipinski definition) is 2. The molecule has 0 spiro atoms. The maximum absolute atomic E-state index is 12.3. The molecule has 1 fully saturated rings. The molecule has 0 saturated heterocycles. The first-order valence-corrected chi connectivity index (χ1v) is 6.84. The Labute approximate surface area is 109 Å². The van der Waals surface area contributed by atoms with E-state index < -0.39 is 5.97 Å². The first-order chi connectivity index (χ1) is 8.58. The Balaban J connectivity index is 2.60. The average molecular weight is 256 g/mol. The van der Waals surface area contributed by atoms with Crippen LogP contribution in [0.3, 0.4) is 0 Å². The summed E-state index contributed by atoms with van der Waals surface area (Å²) in [7, 11) is 0. The van der Waals surface area contributed by atoms with Crippen molar-refractivity contribution in [2.24, 2.45) is 5.92 Å². The summed E-state index contributed by atoms with van der Waals surface area (Å²) in [6.07, 6.45) is 4.03. The van der Waals surface area contributed by atoms with E-state index in [9.17, 15) is 9.59 Å². The van der Waals surface area contributed by atoms with Crippen LogP contribution in [0.5, 0.6) is 0 Å². The van der Waals surface area contributed by atoms with E-state index in [0.29, 0.717) is 25.6 Å². The minimum atomic E-state index is -0.933. The summed E-state index contributed by atoms with van der Waals surface area (Å²) in [6.45, 7) is 5.87. The number of hydrogen-bond donors (Lipinski definition) is 1. The van der Waals surface area contributed by atoms with Gasteiger partial charge in [0.05, 0.1) is 0 Å². The summed E-state index contributed by atoms with van der Waals surface area (Å²) >= 11 is 0. The van der Waals surface area contributed by atoms with E-state index >= 15 is 0 Å². The largest absolute Gasteiger partial charge is 0.480 e. The van der Waals surface area contributed by atoms with Gasteiger partial charge < -0.3 is 14.9 Å². The highest BCUT2D eigenvalue weighted by Crippen LogP contribution is 2.30.